The SMILES string of the molecule is CC(N)(CCCc1ccc(Sc2cccc(Cl)c2)cc1Cl)COP(=O)(O)O. The molecule has 0 fully saturated rings. The second-order valence-electron chi connectivity index (χ2n) is 6.58. The lowest BCUT2D eigenvalue weighted by atomic mass is 9.95. The first kappa shape index (κ1) is 22.7. The molecule has 5 nitrogen and oxygen atoms in total. The minimum Gasteiger partial charge on any atom is -0.323 e. The van der Waals surface area contributed by atoms with Crippen LogP contribution in [0.15, 0.2) is 52.3 Å². The molecule has 2 aromatic carbocycles. The number of nitrogens with two attached hydrogens (primary N) is 1. The van der Waals surface area contributed by atoms with Crippen LogP contribution in [-0.2, 0) is 15.5 Å². The molecule has 27 heavy (non-hydrogen) atoms. The number of hydrogen-bond acceptors (Lipinski definition) is 4. The molecule has 0 aliphatic carbocycles. The van der Waals surface area contributed by atoms with Gasteiger partial charge in [0.15, 0.2) is 0 Å². The third kappa shape index (κ3) is 8.55. The summed E-state index contributed by atoms with van der Waals surface area (Å²) in [4.78, 5) is 19.6. The van der Waals surface area contributed by atoms with Crippen molar-refractivity contribution in [2.24, 2.45) is 5.73 Å². The fourth-order valence-electron chi connectivity index (χ4n) is 2.45. The molecule has 0 aromatic heterocycles. The summed E-state index contributed by atoms with van der Waals surface area (Å²) in [6, 6.07) is 13.5. The Labute approximate surface area is 173 Å². The van der Waals surface area contributed by atoms with Crippen LogP contribution in [0.1, 0.15) is 25.3 Å². The van der Waals surface area contributed by atoms with Crippen LogP contribution in [0.25, 0.3) is 0 Å². The highest BCUT2D eigenvalue weighted by Gasteiger charge is 2.24. The van der Waals surface area contributed by atoms with Gasteiger partial charge in [0.2, 0.25) is 0 Å². The Morgan fingerprint density at radius 3 is 2.52 bits per heavy atom. The molecule has 0 bridgehead atoms. The zero-order valence-corrected chi connectivity index (χ0v) is 18.0. The van der Waals surface area contributed by atoms with E-state index < -0.39 is 13.4 Å². The Hall–Kier alpha value is -0.560. The number of phosphoric acid groups is 1. The van der Waals surface area contributed by atoms with Crippen molar-refractivity contribution in [3.8, 4) is 0 Å². The molecule has 1 atom stereocenters. The predicted octanol–water partition coefficient (Wildman–Crippen LogP) is 5.29. The molecule has 0 radical (unpaired) electrons. The van der Waals surface area contributed by atoms with E-state index >= 15 is 0 Å². The summed E-state index contributed by atoms with van der Waals surface area (Å²) in [7, 11) is -4.51. The fraction of sp³-hybridized carbons (Fsp3) is 0.333. The van der Waals surface area contributed by atoms with E-state index in [0.29, 0.717) is 22.9 Å². The van der Waals surface area contributed by atoms with Gasteiger partial charge in [-0.15, -0.1) is 0 Å². The van der Waals surface area contributed by atoms with E-state index in [9.17, 15) is 4.57 Å². The third-order valence-corrected chi connectivity index (χ3v) is 5.84. The van der Waals surface area contributed by atoms with Crippen LogP contribution >= 0.6 is 42.8 Å². The first-order valence-corrected chi connectivity index (χ1v) is 11.4. The Morgan fingerprint density at radius 1 is 1.19 bits per heavy atom. The van der Waals surface area contributed by atoms with Crippen LogP contribution in [-0.4, -0.2) is 21.9 Å². The number of halogens is 2. The lowest BCUT2D eigenvalue weighted by Crippen LogP contribution is -2.40. The average molecular weight is 450 g/mol. The van der Waals surface area contributed by atoms with Gasteiger partial charge in [-0.05, 0) is 62.1 Å². The fourth-order valence-corrected chi connectivity index (χ4v) is 4.42. The van der Waals surface area contributed by atoms with Crippen LogP contribution in [0, 0.1) is 0 Å². The van der Waals surface area contributed by atoms with E-state index in [4.69, 9.17) is 38.7 Å². The molecule has 0 saturated heterocycles. The molecule has 0 spiro atoms. The molecule has 0 aliphatic heterocycles. The van der Waals surface area contributed by atoms with Crippen molar-refractivity contribution in [2.75, 3.05) is 6.61 Å². The number of benzene rings is 2. The van der Waals surface area contributed by atoms with Gasteiger partial charge in [-0.2, -0.15) is 0 Å². The summed E-state index contributed by atoms with van der Waals surface area (Å²) in [6.07, 6.45) is 1.98. The standard InChI is InChI=1S/C18H22Cl2NO4PS/c1-18(21,12-25-26(22,23)24)9-3-4-13-7-8-16(11-17(13)20)27-15-6-2-5-14(19)10-15/h2,5-8,10-11H,3-4,9,12,21H2,1H3,(H2,22,23,24). The molecule has 0 heterocycles. The van der Waals surface area contributed by atoms with Crippen molar-refractivity contribution < 1.29 is 18.9 Å². The maximum absolute atomic E-state index is 10.8. The minimum atomic E-state index is -4.51. The normalized spacial score (nSPS) is 14.1. The maximum atomic E-state index is 10.8. The van der Waals surface area contributed by atoms with E-state index in [-0.39, 0.29) is 6.61 Å². The van der Waals surface area contributed by atoms with Crippen molar-refractivity contribution in [1.29, 1.82) is 0 Å². The summed E-state index contributed by atoms with van der Waals surface area (Å²) in [5.41, 5.74) is 6.21. The number of aryl methyl sites for hydroxylation is 1. The summed E-state index contributed by atoms with van der Waals surface area (Å²) >= 11 is 14.0. The average Bonchev–Trinajstić information content (AvgIpc) is 2.55. The van der Waals surface area contributed by atoms with Crippen LogP contribution in [0.5, 0.6) is 0 Å². The van der Waals surface area contributed by atoms with Crippen molar-refractivity contribution in [2.45, 2.75) is 41.5 Å². The summed E-state index contributed by atoms with van der Waals surface area (Å²) in [6.45, 7) is 1.50. The smallest absolute Gasteiger partial charge is 0.323 e. The van der Waals surface area contributed by atoms with E-state index in [0.717, 1.165) is 21.8 Å². The lowest BCUT2D eigenvalue weighted by molar-refractivity contribution is 0.153. The molecule has 4 N–H and O–H groups in total. The quantitative estimate of drug-likeness (QED) is 0.450. The van der Waals surface area contributed by atoms with Gasteiger partial charge in [0.25, 0.3) is 0 Å². The van der Waals surface area contributed by atoms with Gasteiger partial charge in [0, 0.05) is 25.4 Å². The Bertz CT molecular complexity index is 829. The summed E-state index contributed by atoms with van der Waals surface area (Å²) < 4.78 is 15.3. The van der Waals surface area contributed by atoms with Crippen molar-refractivity contribution in [1.82, 2.24) is 0 Å². The maximum Gasteiger partial charge on any atom is 0.469 e. The highest BCUT2D eigenvalue weighted by atomic mass is 35.5. The van der Waals surface area contributed by atoms with E-state index in [1.54, 1.807) is 18.7 Å². The van der Waals surface area contributed by atoms with Crippen LogP contribution in [0.3, 0.4) is 0 Å². The highest BCUT2D eigenvalue weighted by molar-refractivity contribution is 7.99. The summed E-state index contributed by atoms with van der Waals surface area (Å²) in [5.74, 6) is 0. The number of hydrogen-bond donors (Lipinski definition) is 3. The second kappa shape index (κ2) is 9.77. The predicted molar refractivity (Wildman–Crippen MR) is 111 cm³/mol. The third-order valence-electron chi connectivity index (χ3n) is 3.81. The molecule has 2 rings (SSSR count). The molecular formula is C18H22Cl2NO4PS. The van der Waals surface area contributed by atoms with Gasteiger partial charge in [0.1, 0.15) is 0 Å². The zero-order chi connectivity index (χ0) is 20.1. The number of phosphoric ester groups is 1. The van der Waals surface area contributed by atoms with Crippen LogP contribution in [0.2, 0.25) is 10.0 Å². The van der Waals surface area contributed by atoms with E-state index in [1.165, 1.54) is 0 Å². The van der Waals surface area contributed by atoms with E-state index in [1.807, 2.05) is 42.5 Å². The van der Waals surface area contributed by atoms with Crippen molar-refractivity contribution in [3.63, 3.8) is 0 Å². The van der Waals surface area contributed by atoms with Gasteiger partial charge < -0.3 is 15.5 Å². The monoisotopic (exact) mass is 449 g/mol. The molecule has 0 amide bonds. The van der Waals surface area contributed by atoms with Crippen molar-refractivity contribution in [3.05, 3.63) is 58.1 Å². The molecule has 9 heteroatoms. The van der Waals surface area contributed by atoms with Crippen LogP contribution < -0.4 is 5.73 Å². The van der Waals surface area contributed by atoms with Gasteiger partial charge in [-0.3, -0.25) is 4.52 Å². The first-order chi connectivity index (χ1) is 12.5. The van der Waals surface area contributed by atoms with Crippen LogP contribution in [0.4, 0.5) is 0 Å². The van der Waals surface area contributed by atoms with Gasteiger partial charge >= 0.3 is 7.82 Å². The largest absolute Gasteiger partial charge is 0.469 e. The molecular weight excluding hydrogens is 428 g/mol. The Kier molecular flexibility index (Phi) is 8.22. The van der Waals surface area contributed by atoms with Gasteiger partial charge in [0.05, 0.1) is 6.61 Å². The van der Waals surface area contributed by atoms with Gasteiger partial charge in [-0.1, -0.05) is 47.1 Å². The molecule has 0 saturated carbocycles. The molecule has 0 aliphatic rings. The molecule has 1 unspecified atom stereocenters. The van der Waals surface area contributed by atoms with Crippen molar-refractivity contribution >= 4 is 42.8 Å². The zero-order valence-electron chi connectivity index (χ0n) is 14.8. The summed E-state index contributed by atoms with van der Waals surface area (Å²) in [5, 5.41) is 1.36. The Balaban J connectivity index is 1.89. The number of rotatable bonds is 9. The molecule has 148 valence electrons. The molecule has 2 aromatic rings. The lowest BCUT2D eigenvalue weighted by Gasteiger charge is -2.24. The topological polar surface area (TPSA) is 92.8 Å². The van der Waals surface area contributed by atoms with E-state index in [2.05, 4.69) is 4.52 Å². The first-order valence-electron chi connectivity index (χ1n) is 8.25. The second-order valence-corrected chi connectivity index (χ2v) is 9.81. The highest BCUT2D eigenvalue weighted by Crippen LogP contribution is 2.37. The van der Waals surface area contributed by atoms with Gasteiger partial charge in [-0.25, -0.2) is 4.57 Å². The minimum absolute atomic E-state index is 0.208. The Morgan fingerprint density at radius 2 is 1.89 bits per heavy atom.